The lowest BCUT2D eigenvalue weighted by molar-refractivity contribution is -0.122. The zero-order chi connectivity index (χ0) is 23.8. The highest BCUT2D eigenvalue weighted by molar-refractivity contribution is 7.89. The molecule has 1 atom stereocenters. The van der Waals surface area contributed by atoms with E-state index >= 15 is 0 Å². The maximum Gasteiger partial charge on any atom is 0.252 e. The Hall–Kier alpha value is -3.16. The second-order valence-electron chi connectivity index (χ2n) is 7.15. The van der Waals surface area contributed by atoms with Gasteiger partial charge in [0.1, 0.15) is 16.7 Å². The fourth-order valence-electron chi connectivity index (χ4n) is 3.52. The highest BCUT2D eigenvalue weighted by Crippen LogP contribution is 2.34. The summed E-state index contributed by atoms with van der Waals surface area (Å²) in [7, 11) is -4.37. The second kappa shape index (κ2) is 9.00. The van der Waals surface area contributed by atoms with Gasteiger partial charge < -0.3 is 4.42 Å². The Labute approximate surface area is 199 Å². The number of nitrogens with zero attached hydrogens (tertiary/aromatic N) is 3. The van der Waals surface area contributed by atoms with E-state index in [0.717, 1.165) is 9.21 Å². The Morgan fingerprint density at radius 3 is 2.48 bits per heavy atom. The number of halogens is 2. The molecule has 0 N–H and O–H groups in total. The number of anilines is 1. The van der Waals surface area contributed by atoms with E-state index in [1.807, 2.05) is 6.07 Å². The smallest absolute Gasteiger partial charge is 0.252 e. The SMILES string of the molecule is N#Cc1ccc(N2C(=O)CC(N(Cc3ccco3)S(=O)(=O)c3cc(Cl)ccc3Cl)C2=O)cc1. The van der Waals surface area contributed by atoms with Crippen molar-refractivity contribution >= 4 is 50.7 Å². The topological polar surface area (TPSA) is 112 Å². The number of hydrogen-bond acceptors (Lipinski definition) is 6. The molecule has 0 bridgehead atoms. The van der Waals surface area contributed by atoms with E-state index in [2.05, 4.69) is 0 Å². The van der Waals surface area contributed by atoms with Crippen LogP contribution in [-0.2, 0) is 26.2 Å². The van der Waals surface area contributed by atoms with Crippen molar-refractivity contribution in [2.24, 2.45) is 0 Å². The first-order valence-corrected chi connectivity index (χ1v) is 11.8. The summed E-state index contributed by atoms with van der Waals surface area (Å²) in [5.74, 6) is -1.03. The highest BCUT2D eigenvalue weighted by Gasteiger charge is 2.47. The molecule has 2 aromatic carbocycles. The molecule has 168 valence electrons. The number of hydrogen-bond donors (Lipinski definition) is 0. The van der Waals surface area contributed by atoms with Crippen molar-refractivity contribution in [2.75, 3.05) is 4.90 Å². The van der Waals surface area contributed by atoms with Crippen molar-refractivity contribution in [2.45, 2.75) is 23.9 Å². The van der Waals surface area contributed by atoms with Gasteiger partial charge in [-0.15, -0.1) is 0 Å². The van der Waals surface area contributed by atoms with Crippen LogP contribution in [-0.4, -0.2) is 30.6 Å². The fourth-order valence-corrected chi connectivity index (χ4v) is 5.80. The molecular formula is C22H15Cl2N3O5S. The molecule has 1 aliphatic rings. The summed E-state index contributed by atoms with van der Waals surface area (Å²) >= 11 is 12.2. The average molecular weight is 504 g/mol. The number of sulfonamides is 1. The Bertz CT molecular complexity index is 1370. The van der Waals surface area contributed by atoms with Gasteiger partial charge in [-0.2, -0.15) is 9.57 Å². The van der Waals surface area contributed by atoms with E-state index in [9.17, 15) is 18.0 Å². The van der Waals surface area contributed by atoms with Crippen molar-refractivity contribution in [3.8, 4) is 6.07 Å². The standard InChI is InChI=1S/C22H15Cl2N3O5S/c23-15-5-8-18(24)20(10-15)33(30,31)26(13-17-2-1-9-32-17)19-11-21(28)27(22(19)29)16-6-3-14(12-25)4-7-16/h1-10,19H,11,13H2. The van der Waals surface area contributed by atoms with Gasteiger partial charge in [-0.25, -0.2) is 13.3 Å². The van der Waals surface area contributed by atoms with Gasteiger partial charge in [-0.3, -0.25) is 9.59 Å². The quantitative estimate of drug-likeness (QED) is 0.470. The zero-order valence-corrected chi connectivity index (χ0v) is 19.1. The molecule has 0 saturated carbocycles. The molecule has 1 unspecified atom stereocenters. The largest absolute Gasteiger partial charge is 0.468 e. The first kappa shape index (κ1) is 23.0. The van der Waals surface area contributed by atoms with Gasteiger partial charge in [-0.1, -0.05) is 23.2 Å². The van der Waals surface area contributed by atoms with Gasteiger partial charge in [0.2, 0.25) is 15.9 Å². The molecule has 8 nitrogen and oxygen atoms in total. The number of benzene rings is 2. The van der Waals surface area contributed by atoms with Gasteiger partial charge in [0.15, 0.2) is 0 Å². The third-order valence-corrected chi connectivity index (χ3v) is 7.67. The Morgan fingerprint density at radius 1 is 1.12 bits per heavy atom. The Kier molecular flexibility index (Phi) is 6.28. The molecule has 1 aromatic heterocycles. The van der Waals surface area contributed by atoms with E-state index in [-0.39, 0.29) is 39.4 Å². The van der Waals surface area contributed by atoms with E-state index < -0.39 is 27.9 Å². The van der Waals surface area contributed by atoms with Crippen LogP contribution in [0.3, 0.4) is 0 Å². The lowest BCUT2D eigenvalue weighted by Gasteiger charge is -2.26. The molecule has 0 aliphatic carbocycles. The molecule has 1 saturated heterocycles. The van der Waals surface area contributed by atoms with Gasteiger partial charge in [0.25, 0.3) is 5.91 Å². The van der Waals surface area contributed by atoms with Crippen LogP contribution in [0.1, 0.15) is 17.7 Å². The summed E-state index contributed by atoms with van der Waals surface area (Å²) < 4.78 is 33.4. The third kappa shape index (κ3) is 4.38. The fraction of sp³-hybridized carbons (Fsp3) is 0.136. The Balaban J connectivity index is 1.76. The summed E-state index contributed by atoms with van der Waals surface area (Å²) in [6, 6.07) is 13.6. The summed E-state index contributed by atoms with van der Waals surface area (Å²) in [4.78, 5) is 26.7. The lowest BCUT2D eigenvalue weighted by Crippen LogP contribution is -2.45. The number of carbonyl (C=O) groups is 2. The lowest BCUT2D eigenvalue weighted by atomic mass is 10.2. The molecule has 11 heteroatoms. The zero-order valence-electron chi connectivity index (χ0n) is 16.8. The number of imide groups is 1. The molecule has 1 aliphatic heterocycles. The van der Waals surface area contributed by atoms with E-state index in [1.54, 1.807) is 12.1 Å². The van der Waals surface area contributed by atoms with Crippen molar-refractivity contribution in [3.05, 3.63) is 82.2 Å². The van der Waals surface area contributed by atoms with Crippen molar-refractivity contribution < 1.29 is 22.4 Å². The van der Waals surface area contributed by atoms with Crippen LogP contribution >= 0.6 is 23.2 Å². The number of amides is 2. The summed E-state index contributed by atoms with van der Waals surface area (Å²) in [6.45, 7) is -0.303. The maximum absolute atomic E-state index is 13.6. The molecule has 3 aromatic rings. The minimum absolute atomic E-state index is 0.0791. The molecule has 2 heterocycles. The first-order valence-electron chi connectivity index (χ1n) is 9.58. The van der Waals surface area contributed by atoms with Crippen LogP contribution in [0, 0.1) is 11.3 Å². The van der Waals surface area contributed by atoms with Crippen LogP contribution in [0.5, 0.6) is 0 Å². The number of carbonyl (C=O) groups excluding carboxylic acids is 2. The van der Waals surface area contributed by atoms with Gasteiger partial charge in [0, 0.05) is 5.02 Å². The molecule has 33 heavy (non-hydrogen) atoms. The summed E-state index contributed by atoms with van der Waals surface area (Å²) in [6.07, 6.45) is 0.994. The number of furan rings is 1. The summed E-state index contributed by atoms with van der Waals surface area (Å²) in [5, 5.41) is 9.04. The molecule has 4 rings (SSSR count). The number of nitriles is 1. The van der Waals surface area contributed by atoms with Gasteiger partial charge in [0.05, 0.1) is 41.6 Å². The predicted octanol–water partition coefficient (Wildman–Crippen LogP) is 3.98. The maximum atomic E-state index is 13.6. The van der Waals surface area contributed by atoms with Crippen LogP contribution < -0.4 is 4.90 Å². The van der Waals surface area contributed by atoms with Gasteiger partial charge in [-0.05, 0) is 54.6 Å². The molecule has 1 fully saturated rings. The molecule has 0 spiro atoms. The molecular weight excluding hydrogens is 489 g/mol. The summed E-state index contributed by atoms with van der Waals surface area (Å²) in [5.41, 5.74) is 0.592. The normalized spacial score (nSPS) is 16.4. The predicted molar refractivity (Wildman–Crippen MR) is 120 cm³/mol. The monoisotopic (exact) mass is 503 g/mol. The van der Waals surface area contributed by atoms with Crippen LogP contribution in [0.4, 0.5) is 5.69 Å². The van der Waals surface area contributed by atoms with Gasteiger partial charge >= 0.3 is 0 Å². The van der Waals surface area contributed by atoms with E-state index in [4.69, 9.17) is 32.9 Å². The number of rotatable bonds is 6. The molecule has 2 amide bonds. The minimum Gasteiger partial charge on any atom is -0.468 e. The van der Waals surface area contributed by atoms with Crippen LogP contribution in [0.25, 0.3) is 0 Å². The van der Waals surface area contributed by atoms with Crippen LogP contribution in [0.2, 0.25) is 10.0 Å². The van der Waals surface area contributed by atoms with Crippen molar-refractivity contribution in [1.29, 1.82) is 5.26 Å². The third-order valence-electron chi connectivity index (χ3n) is 5.10. The average Bonchev–Trinajstić information content (AvgIpc) is 3.41. The second-order valence-corrected chi connectivity index (χ2v) is 9.85. The van der Waals surface area contributed by atoms with Crippen LogP contribution in [0.15, 0.2) is 70.2 Å². The van der Waals surface area contributed by atoms with E-state index in [0.29, 0.717) is 5.56 Å². The Morgan fingerprint density at radius 2 is 1.85 bits per heavy atom. The van der Waals surface area contributed by atoms with E-state index in [1.165, 1.54) is 48.7 Å². The molecule has 0 radical (unpaired) electrons. The first-order chi connectivity index (χ1) is 15.7. The minimum atomic E-state index is -4.37. The van der Waals surface area contributed by atoms with Crippen molar-refractivity contribution in [3.63, 3.8) is 0 Å². The highest BCUT2D eigenvalue weighted by atomic mass is 35.5. The van der Waals surface area contributed by atoms with Crippen molar-refractivity contribution in [1.82, 2.24) is 4.31 Å².